The highest BCUT2D eigenvalue weighted by molar-refractivity contribution is 5.89. The van der Waals surface area contributed by atoms with Gasteiger partial charge in [0.15, 0.2) is 0 Å². The van der Waals surface area contributed by atoms with Gasteiger partial charge in [0, 0.05) is 12.5 Å². The van der Waals surface area contributed by atoms with Gasteiger partial charge >= 0.3 is 11.9 Å². The van der Waals surface area contributed by atoms with Crippen LogP contribution in [0.1, 0.15) is 23.5 Å². The Morgan fingerprint density at radius 2 is 1.63 bits per heavy atom. The molecule has 1 atom stereocenters. The molecule has 2 aromatic carbocycles. The number of esters is 1. The lowest BCUT2D eigenvalue weighted by molar-refractivity contribution is -0.164. The highest BCUT2D eigenvalue weighted by Crippen LogP contribution is 2.54. The fraction of sp³-hybridized carbons (Fsp3) is 0.333. The summed E-state index contributed by atoms with van der Waals surface area (Å²) < 4.78 is 10.7. The Kier molecular flexibility index (Phi) is 5.58. The number of fused-ring (bicyclic) bond motifs is 3. The van der Waals surface area contributed by atoms with Gasteiger partial charge < -0.3 is 20.3 Å². The number of methoxy groups -OCH3 is 1. The second-order valence-corrected chi connectivity index (χ2v) is 6.67. The summed E-state index contributed by atoms with van der Waals surface area (Å²) in [5.74, 6) is -2.16. The van der Waals surface area contributed by atoms with Gasteiger partial charge in [0.2, 0.25) is 0 Å². The van der Waals surface area contributed by atoms with Gasteiger partial charge in [-0.05, 0) is 22.3 Å². The molecule has 0 aliphatic heterocycles. The molecular formula is C21H23NO5. The van der Waals surface area contributed by atoms with Gasteiger partial charge in [-0.2, -0.15) is 0 Å². The number of benzene rings is 2. The molecule has 0 aromatic heterocycles. The van der Waals surface area contributed by atoms with E-state index in [0.717, 1.165) is 22.3 Å². The third-order valence-corrected chi connectivity index (χ3v) is 5.07. The van der Waals surface area contributed by atoms with Gasteiger partial charge in [-0.15, -0.1) is 0 Å². The van der Waals surface area contributed by atoms with Crippen molar-refractivity contribution in [1.82, 2.24) is 0 Å². The predicted molar refractivity (Wildman–Crippen MR) is 100 cm³/mol. The first-order valence-electron chi connectivity index (χ1n) is 8.81. The van der Waals surface area contributed by atoms with Gasteiger partial charge in [0.05, 0.1) is 26.7 Å². The largest absolute Gasteiger partial charge is 0.481 e. The van der Waals surface area contributed by atoms with E-state index in [9.17, 15) is 14.7 Å². The van der Waals surface area contributed by atoms with E-state index in [4.69, 9.17) is 15.2 Å². The molecule has 0 bridgehead atoms. The molecule has 1 aliphatic rings. The summed E-state index contributed by atoms with van der Waals surface area (Å²) >= 11 is 0. The van der Waals surface area contributed by atoms with Crippen LogP contribution in [0.3, 0.4) is 0 Å². The Bertz CT molecular complexity index is 804. The van der Waals surface area contributed by atoms with E-state index >= 15 is 0 Å². The molecule has 0 heterocycles. The zero-order valence-corrected chi connectivity index (χ0v) is 15.2. The Hall–Kier alpha value is -2.70. The van der Waals surface area contributed by atoms with E-state index in [1.54, 1.807) is 0 Å². The number of carbonyl (C=O) groups excluding carboxylic acids is 1. The zero-order valence-electron chi connectivity index (χ0n) is 15.2. The van der Waals surface area contributed by atoms with Crippen molar-refractivity contribution in [3.63, 3.8) is 0 Å². The lowest BCUT2D eigenvalue weighted by Crippen LogP contribution is -2.44. The molecule has 27 heavy (non-hydrogen) atoms. The highest BCUT2D eigenvalue weighted by atomic mass is 16.5. The van der Waals surface area contributed by atoms with Gasteiger partial charge in [0.1, 0.15) is 5.41 Å². The fourth-order valence-corrected chi connectivity index (χ4v) is 4.05. The van der Waals surface area contributed by atoms with Crippen LogP contribution in [0.2, 0.25) is 0 Å². The number of aliphatic carboxylic acids is 1. The summed E-state index contributed by atoms with van der Waals surface area (Å²) in [4.78, 5) is 24.7. The van der Waals surface area contributed by atoms with E-state index < -0.39 is 29.7 Å². The van der Waals surface area contributed by atoms with Crippen molar-refractivity contribution in [3.05, 3.63) is 59.7 Å². The van der Waals surface area contributed by atoms with Crippen LogP contribution in [0, 0.1) is 5.41 Å². The quantitative estimate of drug-likeness (QED) is 0.548. The number of nitrogens with two attached hydrogens (primary N) is 1. The number of carbonyl (C=O) groups is 2. The summed E-state index contributed by atoms with van der Waals surface area (Å²) in [5, 5.41) is 9.62. The van der Waals surface area contributed by atoms with Crippen LogP contribution in [0.15, 0.2) is 48.5 Å². The van der Waals surface area contributed by atoms with Crippen molar-refractivity contribution in [2.75, 3.05) is 26.9 Å². The highest BCUT2D eigenvalue weighted by Gasteiger charge is 2.53. The number of ether oxygens (including phenoxy) is 2. The molecule has 6 heteroatoms. The number of hydrogen-bond donors (Lipinski definition) is 2. The van der Waals surface area contributed by atoms with Crippen molar-refractivity contribution in [2.45, 2.75) is 12.3 Å². The molecule has 0 spiro atoms. The molecule has 3 N–H and O–H groups in total. The van der Waals surface area contributed by atoms with Gasteiger partial charge in [-0.3, -0.25) is 9.59 Å². The third-order valence-electron chi connectivity index (χ3n) is 5.07. The third kappa shape index (κ3) is 3.34. The molecule has 0 saturated carbocycles. The molecule has 6 nitrogen and oxygen atoms in total. The maximum atomic E-state index is 13.0. The Morgan fingerprint density at radius 3 is 2.11 bits per heavy atom. The average molecular weight is 369 g/mol. The van der Waals surface area contributed by atoms with Crippen LogP contribution in [0.25, 0.3) is 11.1 Å². The first-order valence-corrected chi connectivity index (χ1v) is 8.81. The molecule has 0 radical (unpaired) electrons. The summed E-state index contributed by atoms with van der Waals surface area (Å²) in [5.41, 5.74) is 7.93. The van der Waals surface area contributed by atoms with Crippen LogP contribution >= 0.6 is 0 Å². The van der Waals surface area contributed by atoms with Crippen molar-refractivity contribution in [3.8, 4) is 11.1 Å². The SMILES string of the molecule is COC(=O)C(COCCN)(CC(=O)O)C1c2ccccc2-c2ccccc21. The number of carboxylic acid groups (broad SMARTS) is 1. The minimum absolute atomic E-state index is 0.0868. The van der Waals surface area contributed by atoms with Crippen LogP contribution in [0.5, 0.6) is 0 Å². The van der Waals surface area contributed by atoms with E-state index in [1.807, 2.05) is 48.5 Å². The van der Waals surface area contributed by atoms with Crippen molar-refractivity contribution in [2.24, 2.45) is 11.1 Å². The smallest absolute Gasteiger partial charge is 0.315 e. The number of hydrogen-bond acceptors (Lipinski definition) is 5. The van der Waals surface area contributed by atoms with E-state index in [1.165, 1.54) is 7.11 Å². The molecule has 0 amide bonds. The first kappa shape index (κ1) is 19.1. The maximum absolute atomic E-state index is 13.0. The molecule has 1 unspecified atom stereocenters. The Balaban J connectivity index is 2.21. The molecule has 3 rings (SSSR count). The van der Waals surface area contributed by atoms with Gasteiger partial charge in [-0.1, -0.05) is 48.5 Å². The van der Waals surface area contributed by atoms with E-state index in [2.05, 4.69) is 0 Å². The normalized spacial score (nSPS) is 14.9. The van der Waals surface area contributed by atoms with Crippen molar-refractivity contribution in [1.29, 1.82) is 0 Å². The standard InChI is InChI=1S/C21H23NO5/c1-26-20(25)21(12-18(23)24,13-27-11-10-22)19-16-8-4-2-6-14(16)15-7-3-5-9-17(15)19/h2-9,19H,10-13,22H2,1H3,(H,23,24). The summed E-state index contributed by atoms with van der Waals surface area (Å²) in [6.45, 7) is 0.424. The monoisotopic (exact) mass is 369 g/mol. The second-order valence-electron chi connectivity index (χ2n) is 6.67. The van der Waals surface area contributed by atoms with Crippen LogP contribution < -0.4 is 5.73 Å². The lowest BCUT2D eigenvalue weighted by Gasteiger charge is -2.36. The molecule has 0 fully saturated rings. The van der Waals surface area contributed by atoms with Crippen LogP contribution in [-0.2, 0) is 19.1 Å². The fourth-order valence-electron chi connectivity index (χ4n) is 4.05. The van der Waals surface area contributed by atoms with Crippen LogP contribution in [-0.4, -0.2) is 43.9 Å². The maximum Gasteiger partial charge on any atom is 0.315 e. The van der Waals surface area contributed by atoms with Crippen molar-refractivity contribution < 1.29 is 24.2 Å². The number of rotatable bonds is 8. The summed E-state index contributed by atoms with van der Waals surface area (Å²) in [6, 6.07) is 15.5. The lowest BCUT2D eigenvalue weighted by atomic mass is 9.69. The van der Waals surface area contributed by atoms with Crippen molar-refractivity contribution >= 4 is 11.9 Å². The zero-order chi connectivity index (χ0) is 19.4. The summed E-state index contributed by atoms with van der Waals surface area (Å²) in [7, 11) is 1.27. The second kappa shape index (κ2) is 7.90. The first-order chi connectivity index (χ1) is 13.0. The Morgan fingerprint density at radius 1 is 1.07 bits per heavy atom. The minimum Gasteiger partial charge on any atom is -0.481 e. The molecular weight excluding hydrogens is 346 g/mol. The van der Waals surface area contributed by atoms with Crippen LogP contribution in [0.4, 0.5) is 0 Å². The van der Waals surface area contributed by atoms with E-state index in [0.29, 0.717) is 0 Å². The number of carboxylic acids is 1. The molecule has 2 aromatic rings. The minimum atomic E-state index is -1.39. The van der Waals surface area contributed by atoms with Gasteiger partial charge in [0.25, 0.3) is 0 Å². The topological polar surface area (TPSA) is 98.9 Å². The predicted octanol–water partition coefficient (Wildman–Crippen LogP) is 2.41. The summed E-state index contributed by atoms with van der Waals surface area (Å²) in [6.07, 6.45) is -0.405. The Labute approximate surface area is 157 Å². The molecule has 142 valence electrons. The molecule has 0 saturated heterocycles. The average Bonchev–Trinajstić information content (AvgIpc) is 3.01. The molecule has 1 aliphatic carbocycles. The van der Waals surface area contributed by atoms with Gasteiger partial charge in [-0.25, -0.2) is 0 Å². The van der Waals surface area contributed by atoms with E-state index in [-0.39, 0.29) is 19.8 Å².